The maximum absolute atomic E-state index is 13.3. The summed E-state index contributed by atoms with van der Waals surface area (Å²) in [6.07, 6.45) is 0.192. The first kappa shape index (κ1) is 17.6. The molecular formula is C18H18F3N5O. The number of nitrogens with zero attached hydrogens (tertiary/aromatic N) is 2. The summed E-state index contributed by atoms with van der Waals surface area (Å²) in [5.41, 5.74) is 1.30. The molecule has 1 saturated carbocycles. The molecule has 1 aliphatic carbocycles. The highest BCUT2D eigenvalue weighted by Crippen LogP contribution is 2.35. The third-order valence-electron chi connectivity index (χ3n) is 4.78. The van der Waals surface area contributed by atoms with Gasteiger partial charge in [-0.3, -0.25) is 4.79 Å². The van der Waals surface area contributed by atoms with Crippen LogP contribution in [-0.2, 0) is 17.4 Å². The Labute approximate surface area is 153 Å². The number of carbonyl (C=O) groups is 1. The summed E-state index contributed by atoms with van der Waals surface area (Å²) < 4.78 is 39.9. The fourth-order valence-corrected chi connectivity index (χ4v) is 3.46. The maximum atomic E-state index is 13.3. The number of amides is 1. The quantitative estimate of drug-likeness (QED) is 0.748. The van der Waals surface area contributed by atoms with Crippen LogP contribution in [0.25, 0.3) is 0 Å². The van der Waals surface area contributed by atoms with Crippen molar-refractivity contribution >= 4 is 29.0 Å². The molecule has 2 aliphatic rings. The number of hydrogen-bond donors (Lipinski definition) is 3. The number of benzene rings is 1. The van der Waals surface area contributed by atoms with E-state index in [0.29, 0.717) is 5.69 Å². The number of hydrogen-bond acceptors (Lipinski definition) is 5. The van der Waals surface area contributed by atoms with Crippen molar-refractivity contribution in [3.05, 3.63) is 35.5 Å². The number of halogens is 3. The topological polar surface area (TPSA) is 78.9 Å². The number of alkyl halides is 3. The number of nitrogens with one attached hydrogen (secondary N) is 3. The van der Waals surface area contributed by atoms with Crippen LogP contribution in [0.4, 0.5) is 36.3 Å². The molecule has 0 radical (unpaired) electrons. The Hall–Kier alpha value is -2.84. The van der Waals surface area contributed by atoms with Crippen molar-refractivity contribution in [3.63, 3.8) is 0 Å². The summed E-state index contributed by atoms with van der Waals surface area (Å²) in [5, 5.41) is 8.58. The summed E-state index contributed by atoms with van der Waals surface area (Å²) in [4.78, 5) is 19.3. The van der Waals surface area contributed by atoms with Crippen molar-refractivity contribution < 1.29 is 18.0 Å². The molecule has 142 valence electrons. The average Bonchev–Trinajstić information content (AvgIpc) is 3.22. The minimum absolute atomic E-state index is 0.00840. The second kappa shape index (κ2) is 6.71. The number of anilines is 4. The van der Waals surface area contributed by atoms with Gasteiger partial charge < -0.3 is 16.0 Å². The van der Waals surface area contributed by atoms with E-state index >= 15 is 0 Å². The summed E-state index contributed by atoms with van der Waals surface area (Å²) in [6.45, 7) is 0. The minimum Gasteiger partial charge on any atom is -0.367 e. The van der Waals surface area contributed by atoms with E-state index in [1.807, 2.05) is 0 Å². The molecule has 0 spiro atoms. The molecule has 1 aromatic heterocycles. The van der Waals surface area contributed by atoms with Gasteiger partial charge in [0.05, 0.1) is 6.42 Å². The van der Waals surface area contributed by atoms with E-state index in [9.17, 15) is 18.0 Å². The third kappa shape index (κ3) is 3.81. The lowest BCUT2D eigenvalue weighted by Gasteiger charge is -2.18. The molecule has 9 heteroatoms. The van der Waals surface area contributed by atoms with Crippen LogP contribution >= 0.6 is 0 Å². The molecule has 6 nitrogen and oxygen atoms in total. The van der Waals surface area contributed by atoms with Crippen LogP contribution in [0.3, 0.4) is 0 Å². The van der Waals surface area contributed by atoms with Gasteiger partial charge in [-0.05, 0) is 36.6 Å². The second-order valence-corrected chi connectivity index (χ2v) is 6.80. The van der Waals surface area contributed by atoms with E-state index < -0.39 is 11.7 Å². The predicted molar refractivity (Wildman–Crippen MR) is 95.0 cm³/mol. The van der Waals surface area contributed by atoms with Gasteiger partial charge in [-0.15, -0.1) is 0 Å². The average molecular weight is 377 g/mol. The van der Waals surface area contributed by atoms with Crippen LogP contribution in [0.15, 0.2) is 24.4 Å². The van der Waals surface area contributed by atoms with E-state index in [1.165, 1.54) is 0 Å². The van der Waals surface area contributed by atoms with Gasteiger partial charge in [0.1, 0.15) is 11.4 Å². The molecule has 27 heavy (non-hydrogen) atoms. The molecule has 0 bridgehead atoms. The van der Waals surface area contributed by atoms with Gasteiger partial charge in [0.15, 0.2) is 0 Å². The maximum Gasteiger partial charge on any atom is 0.421 e. The molecule has 1 amide bonds. The summed E-state index contributed by atoms with van der Waals surface area (Å²) in [7, 11) is 0. The van der Waals surface area contributed by atoms with Crippen LogP contribution in [-0.4, -0.2) is 21.9 Å². The number of carbonyl (C=O) groups excluding carboxylic acids is 1. The molecule has 0 unspecified atom stereocenters. The Morgan fingerprint density at radius 1 is 1.19 bits per heavy atom. The summed E-state index contributed by atoms with van der Waals surface area (Å²) in [6, 6.07) is 5.21. The van der Waals surface area contributed by atoms with Crippen LogP contribution in [0.1, 0.15) is 36.8 Å². The number of rotatable bonds is 4. The van der Waals surface area contributed by atoms with Crippen LogP contribution < -0.4 is 16.0 Å². The highest BCUT2D eigenvalue weighted by Gasteiger charge is 2.36. The fraction of sp³-hybridized carbons (Fsp3) is 0.389. The standard InChI is InChI=1S/C18H18F3N5O/c19-18(20,21)13-9-22-17(26-16(13)23-11-3-1-2-4-11)24-12-5-6-14-10(7-12)8-15(27)25-14/h5-7,9,11H,1-4,8H2,(H,25,27)(H2,22,23,24,26). The lowest BCUT2D eigenvalue weighted by atomic mass is 10.1. The Balaban J connectivity index is 1.59. The van der Waals surface area contributed by atoms with Gasteiger partial charge in [-0.1, -0.05) is 12.8 Å². The molecular weight excluding hydrogens is 359 g/mol. The SMILES string of the molecule is O=C1Cc2cc(Nc3ncc(C(F)(F)F)c(NC4CCCC4)n3)ccc2N1. The van der Waals surface area contributed by atoms with Crippen LogP contribution in [0.2, 0.25) is 0 Å². The van der Waals surface area contributed by atoms with Crippen LogP contribution in [0, 0.1) is 0 Å². The van der Waals surface area contributed by atoms with E-state index in [2.05, 4.69) is 25.9 Å². The van der Waals surface area contributed by atoms with Gasteiger partial charge in [-0.2, -0.15) is 18.2 Å². The monoisotopic (exact) mass is 377 g/mol. The normalized spacial score (nSPS) is 16.9. The zero-order valence-corrected chi connectivity index (χ0v) is 14.4. The van der Waals surface area contributed by atoms with Crippen molar-refractivity contribution in [2.45, 2.75) is 44.3 Å². The summed E-state index contributed by atoms with van der Waals surface area (Å²) in [5.74, 6) is -0.221. The summed E-state index contributed by atoms with van der Waals surface area (Å²) >= 11 is 0. The van der Waals surface area contributed by atoms with Gasteiger partial charge in [0, 0.05) is 23.6 Å². The Kier molecular flexibility index (Phi) is 4.37. The van der Waals surface area contributed by atoms with E-state index in [0.717, 1.165) is 43.1 Å². The van der Waals surface area contributed by atoms with Crippen molar-refractivity contribution in [2.24, 2.45) is 0 Å². The van der Waals surface area contributed by atoms with Gasteiger partial charge in [-0.25, -0.2) is 4.98 Å². The molecule has 1 aromatic carbocycles. The first-order chi connectivity index (χ1) is 12.9. The zero-order valence-electron chi connectivity index (χ0n) is 14.4. The molecule has 2 heterocycles. The van der Waals surface area contributed by atoms with Crippen molar-refractivity contribution in [3.8, 4) is 0 Å². The lowest BCUT2D eigenvalue weighted by molar-refractivity contribution is -0.137. The van der Waals surface area contributed by atoms with Crippen molar-refractivity contribution in [1.29, 1.82) is 0 Å². The molecule has 1 aliphatic heterocycles. The molecule has 1 fully saturated rings. The third-order valence-corrected chi connectivity index (χ3v) is 4.78. The van der Waals surface area contributed by atoms with Crippen molar-refractivity contribution in [1.82, 2.24) is 9.97 Å². The zero-order chi connectivity index (χ0) is 19.0. The molecule has 2 aromatic rings. The highest BCUT2D eigenvalue weighted by atomic mass is 19.4. The first-order valence-electron chi connectivity index (χ1n) is 8.79. The fourth-order valence-electron chi connectivity index (χ4n) is 3.46. The molecule has 0 atom stereocenters. The van der Waals surface area contributed by atoms with Gasteiger partial charge >= 0.3 is 6.18 Å². The van der Waals surface area contributed by atoms with E-state index in [-0.39, 0.29) is 30.1 Å². The Morgan fingerprint density at radius 3 is 2.70 bits per heavy atom. The highest BCUT2D eigenvalue weighted by molar-refractivity contribution is 5.99. The van der Waals surface area contributed by atoms with Gasteiger partial charge in [0.25, 0.3) is 0 Å². The van der Waals surface area contributed by atoms with Crippen molar-refractivity contribution in [2.75, 3.05) is 16.0 Å². The predicted octanol–water partition coefficient (Wildman–Crippen LogP) is 4.09. The molecule has 4 rings (SSSR count). The smallest absolute Gasteiger partial charge is 0.367 e. The molecule has 0 saturated heterocycles. The van der Waals surface area contributed by atoms with Crippen LogP contribution in [0.5, 0.6) is 0 Å². The number of fused-ring (bicyclic) bond motifs is 1. The molecule has 3 N–H and O–H groups in total. The Morgan fingerprint density at radius 2 is 1.96 bits per heavy atom. The number of aromatic nitrogens is 2. The van der Waals surface area contributed by atoms with E-state index in [4.69, 9.17) is 0 Å². The first-order valence-corrected chi connectivity index (χ1v) is 8.79. The Bertz CT molecular complexity index is 878. The van der Waals surface area contributed by atoms with Gasteiger partial charge in [0.2, 0.25) is 11.9 Å². The largest absolute Gasteiger partial charge is 0.421 e. The second-order valence-electron chi connectivity index (χ2n) is 6.80. The van der Waals surface area contributed by atoms with E-state index in [1.54, 1.807) is 18.2 Å². The minimum atomic E-state index is -4.53. The lowest BCUT2D eigenvalue weighted by Crippen LogP contribution is -2.20.